The Bertz CT molecular complexity index is 864. The van der Waals surface area contributed by atoms with Crippen molar-refractivity contribution in [2.75, 3.05) is 5.32 Å². The van der Waals surface area contributed by atoms with Gasteiger partial charge in [-0.05, 0) is 38.0 Å². The largest absolute Gasteiger partial charge is 0.331 e. The van der Waals surface area contributed by atoms with E-state index in [1.54, 1.807) is 29.7 Å². The number of benzene rings is 1. The molecule has 6 heteroatoms. The number of fused-ring (bicyclic) bond motifs is 1. The van der Waals surface area contributed by atoms with Crippen LogP contribution >= 0.6 is 0 Å². The van der Waals surface area contributed by atoms with Crippen LogP contribution in [0.3, 0.4) is 0 Å². The summed E-state index contributed by atoms with van der Waals surface area (Å²) >= 11 is 0. The van der Waals surface area contributed by atoms with E-state index in [1.165, 1.54) is 4.57 Å². The van der Waals surface area contributed by atoms with Crippen LogP contribution in [0.5, 0.6) is 0 Å². The number of hydrogen-bond donors (Lipinski definition) is 1. The Kier molecular flexibility index (Phi) is 5.59. The molecule has 2 rings (SSSR count). The number of nitrogens with one attached hydrogen (secondary N) is 1. The molecule has 0 saturated carbocycles. The van der Waals surface area contributed by atoms with Crippen molar-refractivity contribution in [3.05, 3.63) is 39.0 Å². The van der Waals surface area contributed by atoms with Gasteiger partial charge in [-0.2, -0.15) is 0 Å². The molecule has 0 radical (unpaired) electrons. The molecule has 0 bridgehead atoms. The predicted octanol–water partition coefficient (Wildman–Crippen LogP) is 2.58. The van der Waals surface area contributed by atoms with Gasteiger partial charge < -0.3 is 5.32 Å². The Morgan fingerprint density at radius 3 is 2.38 bits per heavy atom. The number of carbonyl (C=O) groups excluding carboxylic acids is 1. The van der Waals surface area contributed by atoms with Crippen molar-refractivity contribution in [2.24, 2.45) is 5.92 Å². The van der Waals surface area contributed by atoms with Gasteiger partial charge in [0.05, 0.1) is 10.9 Å². The van der Waals surface area contributed by atoms with Gasteiger partial charge in [0.25, 0.3) is 5.56 Å². The zero-order chi connectivity index (χ0) is 17.9. The second kappa shape index (κ2) is 7.47. The molecule has 6 nitrogen and oxygen atoms in total. The lowest BCUT2D eigenvalue weighted by Gasteiger charge is -2.13. The van der Waals surface area contributed by atoms with Gasteiger partial charge >= 0.3 is 5.69 Å². The van der Waals surface area contributed by atoms with E-state index in [2.05, 4.69) is 5.32 Å². The van der Waals surface area contributed by atoms with Crippen molar-refractivity contribution in [1.29, 1.82) is 0 Å². The van der Waals surface area contributed by atoms with Crippen molar-refractivity contribution in [1.82, 2.24) is 9.13 Å². The molecular formula is C18H25N3O3. The molecule has 1 aromatic heterocycles. The van der Waals surface area contributed by atoms with E-state index in [0.29, 0.717) is 42.0 Å². The van der Waals surface area contributed by atoms with Gasteiger partial charge in [-0.3, -0.25) is 18.7 Å². The fourth-order valence-electron chi connectivity index (χ4n) is 2.76. The standard InChI is InChI=1S/C18H25N3O3/c1-5-12(4)10-16(22)19-13-8-9-15-14(11-13)17(23)21(7-3)18(24)20(15)6-2/h8-9,11-12H,5-7,10H2,1-4H3,(H,19,22). The first-order chi connectivity index (χ1) is 11.4. The maximum atomic E-state index is 12.5. The third-order valence-electron chi connectivity index (χ3n) is 4.37. The molecule has 1 N–H and O–H groups in total. The number of amides is 1. The number of aryl methyl sites for hydroxylation is 1. The third-order valence-corrected chi connectivity index (χ3v) is 4.37. The summed E-state index contributed by atoms with van der Waals surface area (Å²) in [4.78, 5) is 36.9. The maximum absolute atomic E-state index is 12.5. The molecule has 1 heterocycles. The second-order valence-corrected chi connectivity index (χ2v) is 6.07. The molecule has 1 atom stereocenters. The lowest BCUT2D eigenvalue weighted by atomic mass is 10.0. The van der Waals surface area contributed by atoms with Crippen LogP contribution in [0.4, 0.5) is 5.69 Å². The molecule has 1 unspecified atom stereocenters. The Labute approximate surface area is 141 Å². The highest BCUT2D eigenvalue weighted by atomic mass is 16.2. The van der Waals surface area contributed by atoms with E-state index in [0.717, 1.165) is 6.42 Å². The van der Waals surface area contributed by atoms with Crippen LogP contribution in [-0.4, -0.2) is 15.0 Å². The molecule has 0 spiro atoms. The molecule has 1 aromatic carbocycles. The molecule has 0 fully saturated rings. The van der Waals surface area contributed by atoms with Gasteiger partial charge in [-0.25, -0.2) is 4.79 Å². The second-order valence-electron chi connectivity index (χ2n) is 6.07. The summed E-state index contributed by atoms with van der Waals surface area (Å²) in [5, 5.41) is 3.29. The minimum Gasteiger partial charge on any atom is -0.326 e. The highest BCUT2D eigenvalue weighted by Gasteiger charge is 2.13. The highest BCUT2D eigenvalue weighted by Crippen LogP contribution is 2.17. The van der Waals surface area contributed by atoms with E-state index in [4.69, 9.17) is 0 Å². The number of rotatable bonds is 6. The van der Waals surface area contributed by atoms with Gasteiger partial charge in [-0.1, -0.05) is 20.3 Å². The molecule has 0 saturated heterocycles. The zero-order valence-corrected chi connectivity index (χ0v) is 14.8. The SMILES string of the molecule is CCC(C)CC(=O)Nc1ccc2c(c1)c(=O)n(CC)c(=O)n2CC. The van der Waals surface area contributed by atoms with Crippen molar-refractivity contribution in [3.63, 3.8) is 0 Å². The Morgan fingerprint density at radius 2 is 1.79 bits per heavy atom. The zero-order valence-electron chi connectivity index (χ0n) is 14.8. The molecule has 0 aliphatic heterocycles. The van der Waals surface area contributed by atoms with Gasteiger partial charge in [-0.15, -0.1) is 0 Å². The summed E-state index contributed by atoms with van der Waals surface area (Å²) in [6.07, 6.45) is 1.39. The number of nitrogens with zero attached hydrogens (tertiary/aromatic N) is 2. The van der Waals surface area contributed by atoms with E-state index in [-0.39, 0.29) is 17.2 Å². The molecule has 1 amide bonds. The lowest BCUT2D eigenvalue weighted by molar-refractivity contribution is -0.117. The van der Waals surface area contributed by atoms with E-state index in [9.17, 15) is 14.4 Å². The fourth-order valence-corrected chi connectivity index (χ4v) is 2.76. The molecule has 2 aromatic rings. The summed E-state index contributed by atoms with van der Waals surface area (Å²) in [5.41, 5.74) is 0.556. The number of anilines is 1. The average Bonchev–Trinajstić information content (AvgIpc) is 2.56. The van der Waals surface area contributed by atoms with Crippen LogP contribution in [0.2, 0.25) is 0 Å². The number of aromatic nitrogens is 2. The van der Waals surface area contributed by atoms with E-state index < -0.39 is 0 Å². The van der Waals surface area contributed by atoms with Crippen LogP contribution in [0.15, 0.2) is 27.8 Å². The highest BCUT2D eigenvalue weighted by molar-refractivity contribution is 5.93. The maximum Gasteiger partial charge on any atom is 0.331 e. The van der Waals surface area contributed by atoms with Gasteiger partial charge in [0.1, 0.15) is 0 Å². The molecular weight excluding hydrogens is 306 g/mol. The third kappa shape index (κ3) is 3.42. The van der Waals surface area contributed by atoms with Crippen molar-refractivity contribution >= 4 is 22.5 Å². The molecule has 130 valence electrons. The van der Waals surface area contributed by atoms with Gasteiger partial charge in [0, 0.05) is 25.2 Å². The minimum atomic E-state index is -0.319. The summed E-state index contributed by atoms with van der Waals surface area (Å²) in [7, 11) is 0. The van der Waals surface area contributed by atoms with E-state index >= 15 is 0 Å². The Morgan fingerprint density at radius 1 is 1.12 bits per heavy atom. The average molecular weight is 331 g/mol. The topological polar surface area (TPSA) is 73.1 Å². The van der Waals surface area contributed by atoms with Gasteiger partial charge in [0.15, 0.2) is 0 Å². The lowest BCUT2D eigenvalue weighted by Crippen LogP contribution is -2.39. The fraction of sp³-hybridized carbons (Fsp3) is 0.500. The smallest absolute Gasteiger partial charge is 0.326 e. The Balaban J connectivity index is 2.49. The summed E-state index contributed by atoms with van der Waals surface area (Å²) < 4.78 is 2.79. The molecule has 24 heavy (non-hydrogen) atoms. The van der Waals surface area contributed by atoms with Crippen molar-refractivity contribution in [2.45, 2.75) is 53.6 Å². The number of hydrogen-bond acceptors (Lipinski definition) is 3. The van der Waals surface area contributed by atoms with Crippen LogP contribution in [0.25, 0.3) is 10.9 Å². The summed E-state index contributed by atoms with van der Waals surface area (Å²) in [5.74, 6) is 0.247. The van der Waals surface area contributed by atoms with Crippen LogP contribution in [0, 0.1) is 5.92 Å². The first-order valence-electron chi connectivity index (χ1n) is 8.50. The molecule has 0 aliphatic carbocycles. The van der Waals surface area contributed by atoms with Crippen molar-refractivity contribution in [3.8, 4) is 0 Å². The van der Waals surface area contributed by atoms with Crippen LogP contribution in [-0.2, 0) is 17.9 Å². The summed E-state index contributed by atoms with van der Waals surface area (Å²) in [6, 6.07) is 5.11. The van der Waals surface area contributed by atoms with Gasteiger partial charge in [0.2, 0.25) is 5.91 Å². The normalized spacial score (nSPS) is 12.3. The van der Waals surface area contributed by atoms with Crippen molar-refractivity contribution < 1.29 is 4.79 Å². The van der Waals surface area contributed by atoms with Crippen LogP contribution < -0.4 is 16.6 Å². The quantitative estimate of drug-likeness (QED) is 0.884. The first kappa shape index (κ1) is 18.0. The predicted molar refractivity (Wildman–Crippen MR) is 96.5 cm³/mol. The van der Waals surface area contributed by atoms with E-state index in [1.807, 2.05) is 20.8 Å². The number of carbonyl (C=O) groups is 1. The first-order valence-corrected chi connectivity index (χ1v) is 8.50. The monoisotopic (exact) mass is 331 g/mol. The Hall–Kier alpha value is -2.37. The summed E-state index contributed by atoms with van der Waals surface area (Å²) in [6.45, 7) is 8.51. The minimum absolute atomic E-state index is 0.0664. The van der Waals surface area contributed by atoms with Crippen LogP contribution in [0.1, 0.15) is 40.5 Å². The molecule has 0 aliphatic rings.